The molecule has 23 heavy (non-hydrogen) atoms. The van der Waals surface area contributed by atoms with E-state index in [0.29, 0.717) is 23.1 Å². The van der Waals surface area contributed by atoms with Crippen LogP contribution in [0, 0.1) is 0 Å². The zero-order valence-electron chi connectivity index (χ0n) is 12.7. The third-order valence-corrected chi connectivity index (χ3v) is 3.64. The molecule has 0 fully saturated rings. The predicted octanol–water partition coefficient (Wildman–Crippen LogP) is 2.36. The molecule has 7 nitrogen and oxygen atoms in total. The van der Waals surface area contributed by atoms with Crippen molar-refractivity contribution in [2.24, 2.45) is 0 Å². The first-order chi connectivity index (χ1) is 11.1. The van der Waals surface area contributed by atoms with E-state index in [0.717, 1.165) is 5.01 Å². The van der Waals surface area contributed by atoms with Gasteiger partial charge in [-0.1, -0.05) is 0 Å². The molecule has 1 amide bonds. The van der Waals surface area contributed by atoms with Crippen molar-refractivity contribution in [3.63, 3.8) is 0 Å². The smallest absolute Gasteiger partial charge is 0.239 e. The number of anilines is 1. The van der Waals surface area contributed by atoms with Crippen LogP contribution in [0.3, 0.4) is 0 Å². The van der Waals surface area contributed by atoms with Gasteiger partial charge in [0.2, 0.25) is 5.91 Å². The Morgan fingerprint density at radius 3 is 2.91 bits per heavy atom. The highest BCUT2D eigenvalue weighted by molar-refractivity contribution is 7.13. The van der Waals surface area contributed by atoms with Crippen LogP contribution in [0.1, 0.15) is 0 Å². The maximum absolute atomic E-state index is 12.0. The van der Waals surface area contributed by atoms with E-state index in [1.165, 1.54) is 11.3 Å². The quantitative estimate of drug-likeness (QED) is 0.773. The Balaban J connectivity index is 1.96. The summed E-state index contributed by atoms with van der Waals surface area (Å²) < 4.78 is 5.35. The maximum atomic E-state index is 12.0. The minimum atomic E-state index is -0.149. The van der Waals surface area contributed by atoms with Gasteiger partial charge < -0.3 is 14.6 Å². The molecule has 3 heterocycles. The molecule has 118 valence electrons. The van der Waals surface area contributed by atoms with Crippen molar-refractivity contribution < 1.29 is 9.21 Å². The second kappa shape index (κ2) is 6.67. The second-order valence-electron chi connectivity index (χ2n) is 5.06. The summed E-state index contributed by atoms with van der Waals surface area (Å²) in [6.45, 7) is 0.271. The Kier molecular flexibility index (Phi) is 4.45. The predicted molar refractivity (Wildman–Crippen MR) is 88.0 cm³/mol. The van der Waals surface area contributed by atoms with Gasteiger partial charge in [0.05, 0.1) is 12.8 Å². The zero-order valence-corrected chi connectivity index (χ0v) is 13.5. The Hall–Kier alpha value is -2.58. The average Bonchev–Trinajstić information content (AvgIpc) is 3.20. The molecule has 3 rings (SSSR count). The third-order valence-electron chi connectivity index (χ3n) is 2.85. The SMILES string of the molecule is CN(C)CC(=O)Nc1cc(-c2nccs2)nc(-c2ccco2)n1. The lowest BCUT2D eigenvalue weighted by atomic mass is 10.3. The molecule has 0 atom stereocenters. The van der Waals surface area contributed by atoms with Gasteiger partial charge in [0.1, 0.15) is 16.5 Å². The number of thiazole rings is 1. The van der Waals surface area contributed by atoms with Gasteiger partial charge in [-0.15, -0.1) is 11.3 Å². The van der Waals surface area contributed by atoms with Gasteiger partial charge in [0.15, 0.2) is 11.6 Å². The molecule has 3 aromatic heterocycles. The van der Waals surface area contributed by atoms with E-state index in [-0.39, 0.29) is 12.5 Å². The molecule has 0 bridgehead atoms. The fourth-order valence-electron chi connectivity index (χ4n) is 1.96. The van der Waals surface area contributed by atoms with Gasteiger partial charge in [-0.25, -0.2) is 15.0 Å². The van der Waals surface area contributed by atoms with E-state index in [1.807, 2.05) is 19.5 Å². The normalized spacial score (nSPS) is 10.9. The molecule has 0 aliphatic rings. The third kappa shape index (κ3) is 3.79. The fraction of sp³-hybridized carbons (Fsp3) is 0.200. The van der Waals surface area contributed by atoms with Crippen molar-refractivity contribution in [2.45, 2.75) is 0 Å². The molecule has 0 saturated carbocycles. The second-order valence-corrected chi connectivity index (χ2v) is 5.96. The molecule has 0 saturated heterocycles. The lowest BCUT2D eigenvalue weighted by Crippen LogP contribution is -2.27. The van der Waals surface area contributed by atoms with Crippen molar-refractivity contribution in [2.75, 3.05) is 26.0 Å². The fourth-order valence-corrected chi connectivity index (χ4v) is 2.55. The van der Waals surface area contributed by atoms with E-state index in [2.05, 4.69) is 20.3 Å². The van der Waals surface area contributed by atoms with Crippen LogP contribution in [-0.2, 0) is 4.79 Å². The minimum Gasteiger partial charge on any atom is -0.461 e. The summed E-state index contributed by atoms with van der Waals surface area (Å²) in [5.74, 6) is 1.21. The van der Waals surface area contributed by atoms with Crippen LogP contribution in [0.5, 0.6) is 0 Å². The van der Waals surface area contributed by atoms with Crippen molar-refractivity contribution in [1.29, 1.82) is 0 Å². The number of carbonyl (C=O) groups excluding carboxylic acids is 1. The number of nitrogens with one attached hydrogen (secondary N) is 1. The van der Waals surface area contributed by atoms with E-state index in [1.54, 1.807) is 35.6 Å². The number of likely N-dealkylation sites (N-methyl/N-ethyl adjacent to an activating group) is 1. The molecule has 3 aromatic rings. The molecule has 0 aliphatic carbocycles. The molecular weight excluding hydrogens is 314 g/mol. The lowest BCUT2D eigenvalue weighted by molar-refractivity contribution is -0.116. The summed E-state index contributed by atoms with van der Waals surface area (Å²) in [7, 11) is 3.66. The molecule has 0 aromatic carbocycles. The van der Waals surface area contributed by atoms with Gasteiger partial charge in [-0.3, -0.25) is 4.79 Å². The molecule has 8 heteroatoms. The van der Waals surface area contributed by atoms with Crippen molar-refractivity contribution in [3.05, 3.63) is 36.0 Å². The van der Waals surface area contributed by atoms with Gasteiger partial charge in [0, 0.05) is 17.6 Å². The standard InChI is InChI=1S/C15H15N5O2S/c1-20(2)9-13(21)18-12-8-10(15-16-5-7-23-15)17-14(19-12)11-4-3-6-22-11/h3-8H,9H2,1-2H3,(H,17,18,19,21). The van der Waals surface area contributed by atoms with Crippen LogP contribution in [0.2, 0.25) is 0 Å². The number of hydrogen-bond donors (Lipinski definition) is 1. The summed E-state index contributed by atoms with van der Waals surface area (Å²) in [4.78, 5) is 26.8. The van der Waals surface area contributed by atoms with Gasteiger partial charge in [-0.2, -0.15) is 0 Å². The van der Waals surface area contributed by atoms with Crippen LogP contribution < -0.4 is 5.32 Å². The van der Waals surface area contributed by atoms with E-state index in [9.17, 15) is 4.79 Å². The van der Waals surface area contributed by atoms with Crippen molar-refractivity contribution >= 4 is 23.1 Å². The molecule has 0 spiro atoms. The number of nitrogens with zero attached hydrogens (tertiary/aromatic N) is 4. The van der Waals surface area contributed by atoms with Crippen LogP contribution in [0.4, 0.5) is 5.82 Å². The topological polar surface area (TPSA) is 84.2 Å². The molecule has 0 aliphatic heterocycles. The first-order valence-electron chi connectivity index (χ1n) is 6.89. The maximum Gasteiger partial charge on any atom is 0.239 e. The highest BCUT2D eigenvalue weighted by Crippen LogP contribution is 2.25. The number of hydrogen-bond acceptors (Lipinski definition) is 7. The molecule has 1 N–H and O–H groups in total. The number of rotatable bonds is 5. The Morgan fingerprint density at radius 1 is 1.39 bits per heavy atom. The number of carbonyl (C=O) groups is 1. The largest absolute Gasteiger partial charge is 0.461 e. The Bertz CT molecular complexity index is 732. The molecular formula is C15H15N5O2S. The monoisotopic (exact) mass is 329 g/mol. The summed E-state index contributed by atoms with van der Waals surface area (Å²) >= 11 is 1.47. The number of amides is 1. The minimum absolute atomic E-state index is 0.149. The Labute approximate surface area is 137 Å². The number of aromatic nitrogens is 3. The van der Waals surface area contributed by atoms with Crippen molar-refractivity contribution in [1.82, 2.24) is 19.9 Å². The van der Waals surface area contributed by atoms with Crippen LogP contribution in [-0.4, -0.2) is 46.4 Å². The summed E-state index contributed by atoms with van der Waals surface area (Å²) in [6.07, 6.45) is 3.26. The lowest BCUT2D eigenvalue weighted by Gasteiger charge is -2.10. The summed E-state index contributed by atoms with van der Waals surface area (Å²) in [5, 5.41) is 5.40. The van der Waals surface area contributed by atoms with E-state index < -0.39 is 0 Å². The molecule has 0 unspecified atom stereocenters. The van der Waals surface area contributed by atoms with Crippen LogP contribution in [0.25, 0.3) is 22.3 Å². The highest BCUT2D eigenvalue weighted by Gasteiger charge is 2.14. The van der Waals surface area contributed by atoms with E-state index in [4.69, 9.17) is 4.42 Å². The van der Waals surface area contributed by atoms with Gasteiger partial charge in [-0.05, 0) is 26.2 Å². The van der Waals surface area contributed by atoms with Crippen molar-refractivity contribution in [3.8, 4) is 22.3 Å². The Morgan fingerprint density at radius 2 is 2.26 bits per heavy atom. The number of furan rings is 1. The van der Waals surface area contributed by atoms with E-state index >= 15 is 0 Å². The first kappa shape index (κ1) is 15.3. The molecule has 0 radical (unpaired) electrons. The van der Waals surface area contributed by atoms with Gasteiger partial charge >= 0.3 is 0 Å². The summed E-state index contributed by atoms with van der Waals surface area (Å²) in [5.41, 5.74) is 0.640. The van der Waals surface area contributed by atoms with Crippen LogP contribution >= 0.6 is 11.3 Å². The summed E-state index contributed by atoms with van der Waals surface area (Å²) in [6, 6.07) is 5.24. The zero-order chi connectivity index (χ0) is 16.2. The first-order valence-corrected chi connectivity index (χ1v) is 7.77. The van der Waals surface area contributed by atoms with Gasteiger partial charge in [0.25, 0.3) is 0 Å². The van der Waals surface area contributed by atoms with Crippen LogP contribution in [0.15, 0.2) is 40.5 Å². The average molecular weight is 329 g/mol. The highest BCUT2D eigenvalue weighted by atomic mass is 32.1.